The Morgan fingerprint density at radius 1 is 1.10 bits per heavy atom. The van der Waals surface area contributed by atoms with Gasteiger partial charge in [-0.1, -0.05) is 27.7 Å². The highest BCUT2D eigenvalue weighted by molar-refractivity contribution is 7.54. The molecule has 0 spiro atoms. The molecule has 0 heterocycles. The Labute approximate surface area is 122 Å². The van der Waals surface area contributed by atoms with Gasteiger partial charge in [-0.15, -0.1) is 0 Å². The van der Waals surface area contributed by atoms with Crippen LogP contribution in [0.4, 0.5) is 0 Å². The Morgan fingerprint density at radius 3 is 1.90 bits per heavy atom. The van der Waals surface area contributed by atoms with Crippen molar-refractivity contribution in [3.63, 3.8) is 0 Å². The fraction of sp³-hybridized carbons (Fsp3) is 0.923. The summed E-state index contributed by atoms with van der Waals surface area (Å²) in [4.78, 5) is 11.9. The maximum atomic E-state index is 12.6. The quantitative estimate of drug-likeness (QED) is 0.521. The van der Waals surface area contributed by atoms with Gasteiger partial charge in [0.15, 0.2) is 0 Å². The van der Waals surface area contributed by atoms with Crippen molar-refractivity contribution in [2.24, 2.45) is 11.8 Å². The van der Waals surface area contributed by atoms with Crippen LogP contribution in [0.15, 0.2) is 0 Å². The zero-order chi connectivity index (χ0) is 15.9. The molecule has 0 saturated carbocycles. The molecule has 0 aromatic heterocycles. The van der Waals surface area contributed by atoms with Crippen LogP contribution in [0.3, 0.4) is 0 Å². The third kappa shape index (κ3) is 5.52. The Kier molecular flexibility index (Phi) is 8.59. The third-order valence-corrected chi connectivity index (χ3v) is 5.49. The Hall–Kier alpha value is -0.420. The predicted molar refractivity (Wildman–Crippen MR) is 78.6 cm³/mol. The first-order chi connectivity index (χ1) is 9.21. The van der Waals surface area contributed by atoms with E-state index in [-0.39, 0.29) is 11.9 Å². The lowest BCUT2D eigenvalue weighted by atomic mass is 10.0. The van der Waals surface area contributed by atoms with Gasteiger partial charge in [0.1, 0.15) is 11.8 Å². The first-order valence-corrected chi connectivity index (χ1v) is 8.38. The lowest BCUT2D eigenvalue weighted by Crippen LogP contribution is -2.47. The number of hydrogen-bond donors (Lipinski definition) is 1. The maximum absolute atomic E-state index is 12.6. The van der Waals surface area contributed by atoms with E-state index in [1.54, 1.807) is 0 Å². The van der Waals surface area contributed by atoms with Crippen molar-refractivity contribution in [3.05, 3.63) is 0 Å². The summed E-state index contributed by atoms with van der Waals surface area (Å²) < 4.78 is 27.5. The van der Waals surface area contributed by atoms with Gasteiger partial charge in [-0.2, -0.15) is 0 Å². The normalized spacial score (nSPS) is 15.4. The molecule has 0 amide bonds. The van der Waals surface area contributed by atoms with Gasteiger partial charge in [0, 0.05) is 14.2 Å². The van der Waals surface area contributed by atoms with Gasteiger partial charge in [0.2, 0.25) is 0 Å². The van der Waals surface area contributed by atoms with E-state index in [1.807, 2.05) is 27.7 Å². The molecule has 0 fully saturated rings. The molecule has 0 aliphatic carbocycles. The topological polar surface area (TPSA) is 73.9 Å². The number of ether oxygens (including phenoxy) is 1. The molecule has 0 aromatic carbocycles. The van der Waals surface area contributed by atoms with Gasteiger partial charge in [0.05, 0.1) is 7.11 Å². The van der Waals surface area contributed by atoms with Crippen LogP contribution < -0.4 is 5.32 Å². The predicted octanol–water partition coefficient (Wildman–Crippen LogP) is 2.63. The van der Waals surface area contributed by atoms with E-state index < -0.39 is 19.4 Å². The van der Waals surface area contributed by atoms with E-state index in [0.717, 1.165) is 0 Å². The lowest BCUT2D eigenvalue weighted by molar-refractivity contribution is -0.143. The summed E-state index contributed by atoms with van der Waals surface area (Å²) in [6, 6.07) is -0.536. The highest BCUT2D eigenvalue weighted by Crippen LogP contribution is 2.53. The van der Waals surface area contributed by atoms with Crippen LogP contribution in [0.25, 0.3) is 0 Å². The van der Waals surface area contributed by atoms with Crippen molar-refractivity contribution in [3.8, 4) is 0 Å². The van der Waals surface area contributed by atoms with Gasteiger partial charge in [-0.25, -0.2) is 0 Å². The molecule has 6 nitrogen and oxygen atoms in total. The van der Waals surface area contributed by atoms with Gasteiger partial charge < -0.3 is 13.8 Å². The van der Waals surface area contributed by atoms with Gasteiger partial charge in [0.25, 0.3) is 0 Å². The van der Waals surface area contributed by atoms with Crippen LogP contribution >= 0.6 is 7.60 Å². The molecule has 2 atom stereocenters. The first-order valence-electron chi connectivity index (χ1n) is 6.76. The van der Waals surface area contributed by atoms with Crippen molar-refractivity contribution in [1.82, 2.24) is 5.32 Å². The molecule has 1 N–H and O–H groups in total. The van der Waals surface area contributed by atoms with Crippen LogP contribution in [0.1, 0.15) is 34.1 Å². The smallest absolute Gasteiger partial charge is 0.347 e. The first kappa shape index (κ1) is 19.6. The Balaban J connectivity index is 5.19. The van der Waals surface area contributed by atoms with Crippen molar-refractivity contribution in [1.29, 1.82) is 0 Å². The summed E-state index contributed by atoms with van der Waals surface area (Å²) in [6.45, 7) is 7.81. The summed E-state index contributed by atoms with van der Waals surface area (Å²) in [6.07, 6.45) is 0.587. The largest absolute Gasteiger partial charge is 0.468 e. The summed E-state index contributed by atoms with van der Waals surface area (Å²) in [5.41, 5.74) is 0. The van der Waals surface area contributed by atoms with Crippen molar-refractivity contribution >= 4 is 13.6 Å². The standard InChI is InChI=1S/C13H28NO5P/c1-9(2)8-11(13(15)17-5)14-12(10(3)4)20(16,18-6)19-7/h9-12,14H,8H2,1-7H3/t11-,12+/m0/s1. The number of carbonyl (C=O) groups excluding carboxylic acids is 1. The number of methoxy groups -OCH3 is 1. The van der Waals surface area contributed by atoms with E-state index >= 15 is 0 Å². The van der Waals surface area contributed by atoms with E-state index in [4.69, 9.17) is 13.8 Å². The van der Waals surface area contributed by atoms with Crippen molar-refractivity contribution in [2.75, 3.05) is 21.3 Å². The molecule has 0 radical (unpaired) electrons. The zero-order valence-corrected chi connectivity index (χ0v) is 14.4. The van der Waals surface area contributed by atoms with E-state index in [2.05, 4.69) is 5.32 Å². The number of carbonyl (C=O) groups is 1. The molecule has 0 rings (SSSR count). The molecule has 0 saturated heterocycles. The van der Waals surface area contributed by atoms with E-state index in [9.17, 15) is 9.36 Å². The van der Waals surface area contributed by atoms with Gasteiger partial charge in [-0.05, 0) is 18.3 Å². The second-order valence-corrected chi connectivity index (χ2v) is 7.83. The number of nitrogens with one attached hydrogen (secondary N) is 1. The summed E-state index contributed by atoms with van der Waals surface area (Å²) in [5.74, 6) is -0.674. The lowest BCUT2D eigenvalue weighted by Gasteiger charge is -2.31. The maximum Gasteiger partial charge on any atom is 0.347 e. The van der Waals surface area contributed by atoms with Gasteiger partial charge in [-0.3, -0.25) is 14.7 Å². The highest BCUT2D eigenvalue weighted by Gasteiger charge is 2.39. The van der Waals surface area contributed by atoms with E-state index in [1.165, 1.54) is 21.3 Å². The monoisotopic (exact) mass is 309 g/mol. The molecule has 0 aromatic rings. The fourth-order valence-electron chi connectivity index (χ4n) is 2.00. The molecular formula is C13H28NO5P. The van der Waals surface area contributed by atoms with E-state index in [0.29, 0.717) is 12.3 Å². The zero-order valence-electron chi connectivity index (χ0n) is 13.5. The van der Waals surface area contributed by atoms with Crippen LogP contribution in [-0.2, 0) is 23.1 Å². The van der Waals surface area contributed by atoms with Crippen molar-refractivity contribution < 1.29 is 23.1 Å². The Morgan fingerprint density at radius 2 is 1.60 bits per heavy atom. The molecule has 20 heavy (non-hydrogen) atoms. The summed E-state index contributed by atoms with van der Waals surface area (Å²) in [7, 11) is 0.716. The van der Waals surface area contributed by atoms with Crippen LogP contribution in [0, 0.1) is 11.8 Å². The minimum Gasteiger partial charge on any atom is -0.468 e. The number of esters is 1. The molecule has 0 aliphatic rings. The SMILES string of the molecule is COC(=O)[C@H](CC(C)C)N[C@@H](C(C)C)P(=O)(OC)OC. The van der Waals surface area contributed by atoms with Gasteiger partial charge >= 0.3 is 13.6 Å². The third-order valence-electron chi connectivity index (χ3n) is 3.05. The average molecular weight is 309 g/mol. The Bertz CT molecular complexity index is 338. The summed E-state index contributed by atoms with van der Waals surface area (Å²) >= 11 is 0. The fourth-order valence-corrected chi connectivity index (χ4v) is 3.70. The number of hydrogen-bond acceptors (Lipinski definition) is 6. The van der Waals surface area contributed by atoms with Crippen LogP contribution in [0.5, 0.6) is 0 Å². The molecule has 120 valence electrons. The minimum atomic E-state index is -3.31. The highest BCUT2D eigenvalue weighted by atomic mass is 31.2. The molecule has 0 unspecified atom stereocenters. The molecule has 0 aliphatic heterocycles. The molecule has 7 heteroatoms. The minimum absolute atomic E-state index is 0.0277. The second-order valence-electron chi connectivity index (χ2n) is 5.47. The number of rotatable bonds is 9. The summed E-state index contributed by atoms with van der Waals surface area (Å²) in [5, 5.41) is 3.09. The van der Waals surface area contributed by atoms with Crippen LogP contribution in [0.2, 0.25) is 0 Å². The molecule has 0 bridgehead atoms. The molecular weight excluding hydrogens is 281 g/mol. The van der Waals surface area contributed by atoms with Crippen molar-refractivity contribution in [2.45, 2.75) is 45.9 Å². The average Bonchev–Trinajstić information content (AvgIpc) is 2.40. The van der Waals surface area contributed by atoms with Crippen LogP contribution in [-0.4, -0.2) is 39.1 Å². The second kappa shape index (κ2) is 8.78.